The summed E-state index contributed by atoms with van der Waals surface area (Å²) in [6, 6.07) is 10.3. The standard InChI is InChI=1S/C11H13N2/c1-2-8-13-9-7-10-5-3-4-6-11(10)12-13/h3-7,9H,2,8H2,1H3/q+1. The van der Waals surface area contributed by atoms with Gasteiger partial charge in [-0.1, -0.05) is 29.8 Å². The van der Waals surface area contributed by atoms with Crippen molar-refractivity contribution < 1.29 is 4.68 Å². The van der Waals surface area contributed by atoms with E-state index in [0.29, 0.717) is 0 Å². The lowest BCUT2D eigenvalue weighted by Gasteiger charge is -1.94. The van der Waals surface area contributed by atoms with Crippen LogP contribution >= 0.6 is 0 Å². The van der Waals surface area contributed by atoms with Gasteiger partial charge in [0.1, 0.15) is 5.52 Å². The highest BCUT2D eigenvalue weighted by atomic mass is 15.3. The van der Waals surface area contributed by atoms with Gasteiger partial charge in [-0.15, -0.1) is 0 Å². The van der Waals surface area contributed by atoms with Crippen LogP contribution < -0.4 is 4.68 Å². The number of hydrogen-bond donors (Lipinski definition) is 0. The van der Waals surface area contributed by atoms with Crippen LogP contribution in [0.5, 0.6) is 0 Å². The van der Waals surface area contributed by atoms with Gasteiger partial charge in [-0.3, -0.25) is 0 Å². The molecular formula is C11H13N2+. The van der Waals surface area contributed by atoms with E-state index in [9.17, 15) is 0 Å². The molecule has 0 unspecified atom stereocenters. The Morgan fingerprint density at radius 2 is 2.08 bits per heavy atom. The first-order chi connectivity index (χ1) is 6.40. The second-order valence-corrected chi connectivity index (χ2v) is 3.14. The summed E-state index contributed by atoms with van der Waals surface area (Å²) in [6.45, 7) is 3.15. The van der Waals surface area contributed by atoms with Crippen LogP contribution in [0.15, 0.2) is 36.5 Å². The highest BCUT2D eigenvalue weighted by molar-refractivity contribution is 5.76. The summed E-state index contributed by atoms with van der Waals surface area (Å²) < 4.78 is 1.99. The van der Waals surface area contributed by atoms with Crippen molar-refractivity contribution in [2.45, 2.75) is 19.9 Å². The molecule has 0 bridgehead atoms. The Hall–Kier alpha value is -1.44. The number of fused-ring (bicyclic) bond motifs is 1. The third-order valence-electron chi connectivity index (χ3n) is 2.05. The number of benzene rings is 1. The van der Waals surface area contributed by atoms with Gasteiger partial charge in [-0.25, -0.2) is 0 Å². The number of hydrogen-bond acceptors (Lipinski definition) is 1. The maximum atomic E-state index is 4.48. The van der Waals surface area contributed by atoms with E-state index < -0.39 is 0 Å². The molecular weight excluding hydrogens is 160 g/mol. The number of aromatic nitrogens is 2. The Morgan fingerprint density at radius 1 is 1.23 bits per heavy atom. The predicted molar refractivity (Wildman–Crippen MR) is 52.2 cm³/mol. The molecule has 0 fully saturated rings. The van der Waals surface area contributed by atoms with E-state index in [2.05, 4.69) is 24.2 Å². The quantitative estimate of drug-likeness (QED) is 0.634. The van der Waals surface area contributed by atoms with Crippen molar-refractivity contribution in [2.75, 3.05) is 0 Å². The predicted octanol–water partition coefficient (Wildman–Crippen LogP) is 1.93. The molecule has 0 aliphatic heterocycles. The van der Waals surface area contributed by atoms with Crippen molar-refractivity contribution in [3.05, 3.63) is 36.5 Å². The molecule has 2 rings (SSSR count). The van der Waals surface area contributed by atoms with Gasteiger partial charge in [0.05, 0.1) is 0 Å². The molecule has 1 heterocycles. The minimum Gasteiger partial charge on any atom is -0.0907 e. The topological polar surface area (TPSA) is 16.8 Å². The normalized spacial score (nSPS) is 10.5. The molecule has 2 heteroatoms. The summed E-state index contributed by atoms with van der Waals surface area (Å²) in [6.07, 6.45) is 3.15. The van der Waals surface area contributed by atoms with Gasteiger partial charge < -0.3 is 0 Å². The van der Waals surface area contributed by atoms with E-state index >= 15 is 0 Å². The van der Waals surface area contributed by atoms with Gasteiger partial charge in [0.2, 0.25) is 0 Å². The van der Waals surface area contributed by atoms with Crippen LogP contribution in [-0.2, 0) is 6.54 Å². The van der Waals surface area contributed by atoms with Crippen molar-refractivity contribution in [3.63, 3.8) is 0 Å². The minimum absolute atomic E-state index is 0.991. The monoisotopic (exact) mass is 173 g/mol. The summed E-state index contributed by atoms with van der Waals surface area (Å²) in [5.74, 6) is 0. The van der Waals surface area contributed by atoms with Crippen LogP contribution in [0.25, 0.3) is 10.9 Å². The molecule has 0 saturated heterocycles. The van der Waals surface area contributed by atoms with E-state index in [-0.39, 0.29) is 0 Å². The average Bonchev–Trinajstić information content (AvgIpc) is 2.18. The molecule has 0 aliphatic carbocycles. The molecule has 0 N–H and O–H groups in total. The fraction of sp³-hybridized carbons (Fsp3) is 0.273. The van der Waals surface area contributed by atoms with Crippen molar-refractivity contribution in [3.8, 4) is 0 Å². The van der Waals surface area contributed by atoms with Crippen LogP contribution in [0, 0.1) is 0 Å². The lowest BCUT2D eigenvalue weighted by atomic mass is 10.2. The molecule has 2 nitrogen and oxygen atoms in total. The lowest BCUT2D eigenvalue weighted by molar-refractivity contribution is -0.751. The fourth-order valence-electron chi connectivity index (χ4n) is 1.41. The van der Waals surface area contributed by atoms with Crippen molar-refractivity contribution in [2.24, 2.45) is 0 Å². The van der Waals surface area contributed by atoms with Gasteiger partial charge in [0.15, 0.2) is 12.7 Å². The zero-order valence-corrected chi connectivity index (χ0v) is 7.77. The molecule has 0 amide bonds. The van der Waals surface area contributed by atoms with Gasteiger partial charge in [0.25, 0.3) is 0 Å². The molecule has 13 heavy (non-hydrogen) atoms. The molecule has 1 aromatic heterocycles. The van der Waals surface area contributed by atoms with Gasteiger partial charge in [0, 0.05) is 23.0 Å². The maximum absolute atomic E-state index is 4.48. The smallest absolute Gasteiger partial charge is 0.0907 e. The van der Waals surface area contributed by atoms with Crippen molar-refractivity contribution >= 4 is 10.9 Å². The second-order valence-electron chi connectivity index (χ2n) is 3.14. The number of nitrogens with zero attached hydrogens (tertiary/aromatic N) is 2. The SMILES string of the molecule is CCC[n+]1ccc2ccccc2n1. The van der Waals surface area contributed by atoms with Crippen LogP contribution in [0.4, 0.5) is 0 Å². The molecule has 2 aromatic rings. The first-order valence-electron chi connectivity index (χ1n) is 4.65. The zero-order chi connectivity index (χ0) is 9.10. The van der Waals surface area contributed by atoms with Crippen LogP contribution in [0.2, 0.25) is 0 Å². The maximum Gasteiger partial charge on any atom is 0.196 e. The summed E-state index contributed by atoms with van der Waals surface area (Å²) in [7, 11) is 0. The Balaban J connectivity index is 2.49. The Labute approximate surface area is 77.8 Å². The number of rotatable bonds is 2. The van der Waals surface area contributed by atoms with Crippen molar-refractivity contribution in [1.29, 1.82) is 0 Å². The van der Waals surface area contributed by atoms with Gasteiger partial charge in [-0.05, 0) is 6.07 Å². The van der Waals surface area contributed by atoms with Gasteiger partial charge in [-0.2, -0.15) is 0 Å². The molecule has 0 aliphatic rings. The van der Waals surface area contributed by atoms with E-state index in [1.807, 2.05) is 29.1 Å². The summed E-state index contributed by atoms with van der Waals surface area (Å²) in [4.78, 5) is 0. The fourth-order valence-corrected chi connectivity index (χ4v) is 1.41. The highest BCUT2D eigenvalue weighted by Crippen LogP contribution is 2.06. The van der Waals surface area contributed by atoms with E-state index in [1.54, 1.807) is 0 Å². The summed E-state index contributed by atoms with van der Waals surface area (Å²) in [5.41, 5.74) is 1.07. The first-order valence-corrected chi connectivity index (χ1v) is 4.65. The van der Waals surface area contributed by atoms with Crippen molar-refractivity contribution in [1.82, 2.24) is 5.10 Å². The molecule has 1 aromatic carbocycles. The first kappa shape index (κ1) is 8.17. The third-order valence-corrected chi connectivity index (χ3v) is 2.05. The third kappa shape index (κ3) is 1.66. The highest BCUT2D eigenvalue weighted by Gasteiger charge is 2.01. The largest absolute Gasteiger partial charge is 0.196 e. The van der Waals surface area contributed by atoms with E-state index in [0.717, 1.165) is 18.5 Å². The second kappa shape index (κ2) is 3.52. The summed E-state index contributed by atoms with van der Waals surface area (Å²) in [5, 5.41) is 5.69. The zero-order valence-electron chi connectivity index (χ0n) is 7.77. The summed E-state index contributed by atoms with van der Waals surface area (Å²) >= 11 is 0. The molecule has 0 spiro atoms. The van der Waals surface area contributed by atoms with Crippen LogP contribution in [0.3, 0.4) is 0 Å². The Kier molecular flexibility index (Phi) is 2.21. The van der Waals surface area contributed by atoms with Crippen LogP contribution in [-0.4, -0.2) is 5.10 Å². The molecule has 0 radical (unpaired) electrons. The number of aryl methyl sites for hydroxylation is 1. The minimum atomic E-state index is 0.991. The Bertz CT molecular complexity index is 410. The molecule has 0 saturated carbocycles. The Morgan fingerprint density at radius 3 is 2.92 bits per heavy atom. The molecule has 0 atom stereocenters. The average molecular weight is 173 g/mol. The lowest BCUT2D eigenvalue weighted by Crippen LogP contribution is -2.37. The molecule has 66 valence electrons. The van der Waals surface area contributed by atoms with Crippen LogP contribution in [0.1, 0.15) is 13.3 Å². The van der Waals surface area contributed by atoms with E-state index in [1.165, 1.54) is 5.39 Å². The van der Waals surface area contributed by atoms with Gasteiger partial charge >= 0.3 is 0 Å². The van der Waals surface area contributed by atoms with E-state index in [4.69, 9.17) is 0 Å².